The Labute approximate surface area is 136 Å². The second kappa shape index (κ2) is 7.74. The predicted octanol–water partition coefficient (Wildman–Crippen LogP) is 4.01. The normalized spacial score (nSPS) is 14.1. The first kappa shape index (κ1) is 16.2. The molecule has 0 radical (unpaired) electrons. The molecule has 2 rings (SSSR count). The third kappa shape index (κ3) is 4.40. The minimum Gasteiger partial charge on any atom is -0.329 e. The first-order valence-corrected chi connectivity index (χ1v) is 8.11. The summed E-state index contributed by atoms with van der Waals surface area (Å²) in [5.41, 5.74) is 8.68. The van der Waals surface area contributed by atoms with Crippen LogP contribution >= 0.6 is 15.9 Å². The van der Waals surface area contributed by atoms with Gasteiger partial charge in [0.05, 0.1) is 0 Å². The van der Waals surface area contributed by atoms with Gasteiger partial charge in [-0.2, -0.15) is 0 Å². The average molecular weight is 347 g/mol. The monoisotopic (exact) mass is 346 g/mol. The lowest BCUT2D eigenvalue weighted by atomic mass is 9.92. The van der Waals surface area contributed by atoms with E-state index in [1.54, 1.807) is 0 Å². The van der Waals surface area contributed by atoms with Crippen molar-refractivity contribution in [3.63, 3.8) is 0 Å². The first-order chi connectivity index (χ1) is 10.1. The van der Waals surface area contributed by atoms with E-state index in [0.717, 1.165) is 11.0 Å². The molecular weight excluding hydrogens is 324 g/mol. The molecule has 0 spiro atoms. The van der Waals surface area contributed by atoms with Crippen LogP contribution in [0.25, 0.3) is 0 Å². The van der Waals surface area contributed by atoms with E-state index in [1.165, 1.54) is 11.1 Å². The molecule has 0 saturated carbocycles. The van der Waals surface area contributed by atoms with Gasteiger partial charge in [0.1, 0.15) is 0 Å². The molecule has 0 aliphatic heterocycles. The van der Waals surface area contributed by atoms with E-state index in [2.05, 4.69) is 89.4 Å². The maximum Gasteiger partial charge on any atom is 0.0284 e. The van der Waals surface area contributed by atoms with Crippen LogP contribution in [0.5, 0.6) is 0 Å². The van der Waals surface area contributed by atoms with E-state index in [4.69, 9.17) is 5.73 Å². The number of likely N-dealkylation sites (N-methyl/N-ethyl adjacent to an activating group) is 1. The summed E-state index contributed by atoms with van der Waals surface area (Å²) in [5, 5.41) is 0. The molecule has 0 heterocycles. The molecule has 0 aliphatic rings. The van der Waals surface area contributed by atoms with Gasteiger partial charge in [-0.3, -0.25) is 4.90 Å². The fraction of sp³-hybridized carbons (Fsp3) is 0.333. The summed E-state index contributed by atoms with van der Waals surface area (Å²) < 4.78 is 1.12. The van der Waals surface area contributed by atoms with Gasteiger partial charge in [-0.25, -0.2) is 0 Å². The highest BCUT2D eigenvalue weighted by Crippen LogP contribution is 2.23. The summed E-state index contributed by atoms with van der Waals surface area (Å²) in [6.07, 6.45) is 0. The van der Waals surface area contributed by atoms with Crippen LogP contribution < -0.4 is 5.73 Å². The Balaban J connectivity index is 2.09. The highest BCUT2D eigenvalue weighted by Gasteiger charge is 2.21. The van der Waals surface area contributed by atoms with Crippen molar-refractivity contribution in [2.24, 2.45) is 5.73 Å². The van der Waals surface area contributed by atoms with E-state index in [0.29, 0.717) is 18.5 Å². The Kier molecular flexibility index (Phi) is 5.97. The maximum absolute atomic E-state index is 6.04. The quantitative estimate of drug-likeness (QED) is 0.855. The molecule has 2 aromatic carbocycles. The van der Waals surface area contributed by atoms with Crippen LogP contribution in [-0.4, -0.2) is 24.5 Å². The van der Waals surface area contributed by atoms with Crippen LogP contribution in [0.4, 0.5) is 0 Å². The topological polar surface area (TPSA) is 29.3 Å². The Morgan fingerprint density at radius 2 is 1.81 bits per heavy atom. The van der Waals surface area contributed by atoms with Crippen molar-refractivity contribution in [1.82, 2.24) is 4.90 Å². The molecule has 112 valence electrons. The van der Waals surface area contributed by atoms with Gasteiger partial charge in [0, 0.05) is 23.6 Å². The summed E-state index contributed by atoms with van der Waals surface area (Å²) in [6.45, 7) is 3.81. The van der Waals surface area contributed by atoms with Gasteiger partial charge in [-0.1, -0.05) is 65.3 Å². The van der Waals surface area contributed by atoms with Gasteiger partial charge >= 0.3 is 0 Å². The number of rotatable bonds is 6. The number of hydrogen-bond acceptors (Lipinski definition) is 2. The van der Waals surface area contributed by atoms with Crippen molar-refractivity contribution < 1.29 is 0 Å². The fourth-order valence-corrected chi connectivity index (χ4v) is 3.23. The molecule has 21 heavy (non-hydrogen) atoms. The van der Waals surface area contributed by atoms with E-state index >= 15 is 0 Å². The summed E-state index contributed by atoms with van der Waals surface area (Å²) in [5.74, 6) is 0.411. The molecule has 2 aromatic rings. The Hall–Kier alpha value is -1.16. The smallest absolute Gasteiger partial charge is 0.0284 e. The molecule has 3 heteroatoms. The lowest BCUT2D eigenvalue weighted by Gasteiger charge is -2.32. The van der Waals surface area contributed by atoms with Crippen molar-refractivity contribution in [3.05, 3.63) is 70.2 Å². The molecule has 2 unspecified atom stereocenters. The van der Waals surface area contributed by atoms with Crippen molar-refractivity contribution in [1.29, 1.82) is 0 Å². The van der Waals surface area contributed by atoms with Crippen molar-refractivity contribution >= 4 is 15.9 Å². The van der Waals surface area contributed by atoms with Crippen LogP contribution in [0.2, 0.25) is 0 Å². The molecule has 2 nitrogen and oxygen atoms in total. The van der Waals surface area contributed by atoms with E-state index in [-0.39, 0.29) is 0 Å². The number of nitrogens with zero attached hydrogens (tertiary/aromatic N) is 1. The van der Waals surface area contributed by atoms with Gasteiger partial charge in [-0.05, 0) is 36.2 Å². The van der Waals surface area contributed by atoms with E-state index in [1.807, 2.05) is 0 Å². The SMILES string of the molecule is CC(c1ccccc1)C(CN)N(C)Cc1cccc(Br)c1. The van der Waals surface area contributed by atoms with Crippen LogP contribution in [-0.2, 0) is 6.54 Å². The zero-order chi connectivity index (χ0) is 15.2. The molecule has 0 saturated heterocycles. The number of benzene rings is 2. The third-order valence-corrected chi connectivity index (χ3v) is 4.52. The Bertz CT molecular complexity index is 556. The maximum atomic E-state index is 6.04. The van der Waals surface area contributed by atoms with Crippen molar-refractivity contribution in [2.45, 2.75) is 25.4 Å². The van der Waals surface area contributed by atoms with Gasteiger partial charge < -0.3 is 5.73 Å². The highest BCUT2D eigenvalue weighted by atomic mass is 79.9. The van der Waals surface area contributed by atoms with Crippen LogP contribution in [0.1, 0.15) is 24.0 Å². The molecule has 0 bridgehead atoms. The van der Waals surface area contributed by atoms with Crippen LogP contribution in [0.3, 0.4) is 0 Å². The largest absolute Gasteiger partial charge is 0.329 e. The van der Waals surface area contributed by atoms with Gasteiger partial charge in [0.2, 0.25) is 0 Å². The molecule has 0 aliphatic carbocycles. The highest BCUT2D eigenvalue weighted by molar-refractivity contribution is 9.10. The van der Waals surface area contributed by atoms with Crippen LogP contribution in [0.15, 0.2) is 59.1 Å². The predicted molar refractivity (Wildman–Crippen MR) is 93.3 cm³/mol. The van der Waals surface area contributed by atoms with Gasteiger partial charge in [-0.15, -0.1) is 0 Å². The number of halogens is 1. The van der Waals surface area contributed by atoms with Gasteiger partial charge in [0.15, 0.2) is 0 Å². The molecule has 0 aromatic heterocycles. The number of nitrogens with two attached hydrogens (primary N) is 1. The molecule has 0 fully saturated rings. The summed E-state index contributed by atoms with van der Waals surface area (Å²) in [6, 6.07) is 19.4. The zero-order valence-corrected chi connectivity index (χ0v) is 14.3. The Morgan fingerprint density at radius 3 is 2.43 bits per heavy atom. The summed E-state index contributed by atoms with van der Waals surface area (Å²) >= 11 is 3.53. The lowest BCUT2D eigenvalue weighted by molar-refractivity contribution is 0.213. The van der Waals surface area contributed by atoms with Crippen LogP contribution in [0, 0.1) is 0 Å². The zero-order valence-electron chi connectivity index (χ0n) is 12.7. The standard InChI is InChI=1S/C18H23BrN2/c1-14(16-8-4-3-5-9-16)18(12-20)21(2)13-15-7-6-10-17(19)11-15/h3-11,14,18H,12-13,20H2,1-2H3. The van der Waals surface area contributed by atoms with Gasteiger partial charge in [0.25, 0.3) is 0 Å². The minimum atomic E-state index is 0.325. The van der Waals surface area contributed by atoms with Crippen molar-refractivity contribution in [3.8, 4) is 0 Å². The minimum absolute atomic E-state index is 0.325. The molecule has 2 N–H and O–H groups in total. The lowest BCUT2D eigenvalue weighted by Crippen LogP contribution is -2.41. The second-order valence-corrected chi connectivity index (χ2v) is 6.46. The van der Waals surface area contributed by atoms with E-state index in [9.17, 15) is 0 Å². The summed E-state index contributed by atoms with van der Waals surface area (Å²) in [4.78, 5) is 2.35. The van der Waals surface area contributed by atoms with E-state index < -0.39 is 0 Å². The average Bonchev–Trinajstić information content (AvgIpc) is 2.48. The summed E-state index contributed by atoms with van der Waals surface area (Å²) in [7, 11) is 2.15. The number of hydrogen-bond donors (Lipinski definition) is 1. The third-order valence-electron chi connectivity index (χ3n) is 4.03. The fourth-order valence-electron chi connectivity index (χ4n) is 2.79. The molecular formula is C18H23BrN2. The first-order valence-electron chi connectivity index (χ1n) is 7.31. The Morgan fingerprint density at radius 1 is 1.10 bits per heavy atom. The molecule has 0 amide bonds. The molecule has 2 atom stereocenters. The second-order valence-electron chi connectivity index (χ2n) is 5.55. The van der Waals surface area contributed by atoms with Crippen molar-refractivity contribution in [2.75, 3.05) is 13.6 Å².